The molecule has 1 heterocycles. The molecule has 0 saturated carbocycles. The smallest absolute Gasteiger partial charge is 0.213 e. The molecule has 0 unspecified atom stereocenters. The lowest BCUT2D eigenvalue weighted by atomic mass is 10.3. The van der Waals surface area contributed by atoms with E-state index in [2.05, 4.69) is 20.3 Å². The summed E-state index contributed by atoms with van der Waals surface area (Å²) in [7, 11) is 1.33. The van der Waals surface area contributed by atoms with Crippen LogP contribution in [0.1, 0.15) is 5.69 Å². The van der Waals surface area contributed by atoms with E-state index in [-0.39, 0.29) is 5.71 Å². The van der Waals surface area contributed by atoms with Crippen molar-refractivity contribution in [2.45, 2.75) is 0 Å². The van der Waals surface area contributed by atoms with E-state index in [1.54, 1.807) is 5.38 Å². The maximum absolute atomic E-state index is 10.5. The van der Waals surface area contributed by atoms with E-state index in [1.807, 2.05) is 0 Å². The number of carbonyl (C=O) groups is 2. The summed E-state index contributed by atoms with van der Waals surface area (Å²) in [5.41, 5.74) is 0.457. The van der Waals surface area contributed by atoms with Gasteiger partial charge in [0.15, 0.2) is 17.1 Å². The van der Waals surface area contributed by atoms with E-state index >= 15 is 0 Å². The van der Waals surface area contributed by atoms with Crippen molar-refractivity contribution in [1.82, 2.24) is 4.98 Å². The van der Waals surface area contributed by atoms with E-state index in [0.717, 1.165) is 0 Å². The lowest BCUT2D eigenvalue weighted by Gasteiger charge is -1.91. The summed E-state index contributed by atoms with van der Waals surface area (Å²) in [6.07, 6.45) is 1.04. The number of oxime groups is 1. The lowest BCUT2D eigenvalue weighted by molar-refractivity contribution is -0.105. The average Bonchev–Trinajstić information content (AvgIpc) is 2.63. The molecule has 0 aromatic carbocycles. The molecule has 1 aromatic heterocycles. The van der Waals surface area contributed by atoms with Gasteiger partial charge >= 0.3 is 0 Å². The van der Waals surface area contributed by atoms with Crippen LogP contribution in [0.15, 0.2) is 10.5 Å². The molecule has 0 saturated heterocycles. The molecule has 1 amide bonds. The maximum Gasteiger partial charge on any atom is 0.213 e. The molecule has 0 aliphatic rings. The van der Waals surface area contributed by atoms with Gasteiger partial charge in [-0.25, -0.2) is 4.98 Å². The SMILES string of the molecule is CON=C(C=O)c1csc(NC=O)n1. The van der Waals surface area contributed by atoms with Crippen molar-refractivity contribution >= 4 is 34.9 Å². The van der Waals surface area contributed by atoms with Crippen LogP contribution in [0.4, 0.5) is 5.13 Å². The second-order valence-electron chi connectivity index (χ2n) is 2.08. The third kappa shape index (κ3) is 2.36. The Bertz CT molecular complexity index is 361. The third-order valence-corrected chi connectivity index (χ3v) is 2.02. The minimum Gasteiger partial charge on any atom is -0.398 e. The minimum atomic E-state index is 0.0858. The largest absolute Gasteiger partial charge is 0.398 e. The fraction of sp³-hybridized carbons (Fsp3) is 0.143. The molecule has 1 N–H and O–H groups in total. The number of thiazole rings is 1. The normalized spacial score (nSPS) is 10.8. The Hall–Kier alpha value is -1.76. The van der Waals surface area contributed by atoms with Gasteiger partial charge in [0.1, 0.15) is 12.8 Å². The van der Waals surface area contributed by atoms with E-state index in [0.29, 0.717) is 23.5 Å². The summed E-state index contributed by atoms with van der Waals surface area (Å²) >= 11 is 1.19. The lowest BCUT2D eigenvalue weighted by Crippen LogP contribution is -2.04. The van der Waals surface area contributed by atoms with Crippen molar-refractivity contribution in [1.29, 1.82) is 0 Å². The topological polar surface area (TPSA) is 80.6 Å². The highest BCUT2D eigenvalue weighted by molar-refractivity contribution is 7.14. The number of aromatic nitrogens is 1. The Morgan fingerprint density at radius 1 is 1.71 bits per heavy atom. The number of carbonyl (C=O) groups excluding carboxylic acids is 2. The van der Waals surface area contributed by atoms with Gasteiger partial charge in [-0.2, -0.15) is 0 Å². The minimum absolute atomic E-state index is 0.0858. The summed E-state index contributed by atoms with van der Waals surface area (Å²) < 4.78 is 0. The van der Waals surface area contributed by atoms with Crippen molar-refractivity contribution in [2.24, 2.45) is 5.16 Å². The number of rotatable bonds is 5. The highest BCUT2D eigenvalue weighted by Crippen LogP contribution is 2.14. The average molecular weight is 213 g/mol. The fourth-order valence-corrected chi connectivity index (χ4v) is 1.40. The van der Waals surface area contributed by atoms with E-state index < -0.39 is 0 Å². The predicted octanol–water partition coefficient (Wildman–Crippen LogP) is 0.261. The second kappa shape index (κ2) is 5.07. The van der Waals surface area contributed by atoms with Gasteiger partial charge in [-0.15, -0.1) is 11.3 Å². The Balaban J connectivity index is 2.88. The van der Waals surface area contributed by atoms with Gasteiger partial charge in [-0.05, 0) is 0 Å². The van der Waals surface area contributed by atoms with Gasteiger partial charge in [-0.3, -0.25) is 9.59 Å². The number of aldehydes is 1. The third-order valence-electron chi connectivity index (χ3n) is 1.25. The first kappa shape index (κ1) is 10.3. The van der Waals surface area contributed by atoms with Crippen molar-refractivity contribution in [3.63, 3.8) is 0 Å². The van der Waals surface area contributed by atoms with Crippen LogP contribution in [0, 0.1) is 0 Å². The van der Waals surface area contributed by atoms with Gasteiger partial charge in [0, 0.05) is 5.38 Å². The summed E-state index contributed by atoms with van der Waals surface area (Å²) in [6.45, 7) is 0. The van der Waals surface area contributed by atoms with Gasteiger partial charge < -0.3 is 10.2 Å². The van der Waals surface area contributed by atoms with Crippen LogP contribution in [0.3, 0.4) is 0 Å². The first-order valence-corrected chi connectivity index (χ1v) is 4.42. The van der Waals surface area contributed by atoms with Gasteiger partial charge in [-0.1, -0.05) is 5.16 Å². The summed E-state index contributed by atoms with van der Waals surface area (Å²) in [6, 6.07) is 0. The molecule has 0 fully saturated rings. The first-order valence-electron chi connectivity index (χ1n) is 3.54. The van der Waals surface area contributed by atoms with E-state index in [9.17, 15) is 9.59 Å². The predicted molar refractivity (Wildman–Crippen MR) is 51.4 cm³/mol. The quantitative estimate of drug-likeness (QED) is 0.432. The van der Waals surface area contributed by atoms with Crippen LogP contribution >= 0.6 is 11.3 Å². The molecule has 0 bridgehead atoms. The second-order valence-corrected chi connectivity index (χ2v) is 2.94. The van der Waals surface area contributed by atoms with Gasteiger partial charge in [0.25, 0.3) is 0 Å². The molecule has 0 spiro atoms. The van der Waals surface area contributed by atoms with Crippen LogP contribution in [-0.4, -0.2) is 30.5 Å². The Kier molecular flexibility index (Phi) is 3.74. The van der Waals surface area contributed by atoms with Crippen molar-refractivity contribution in [3.8, 4) is 0 Å². The Morgan fingerprint density at radius 2 is 2.50 bits per heavy atom. The molecule has 1 aromatic rings. The number of nitrogens with zero attached hydrogens (tertiary/aromatic N) is 2. The molecule has 0 atom stereocenters. The van der Waals surface area contributed by atoms with Crippen molar-refractivity contribution in [3.05, 3.63) is 11.1 Å². The summed E-state index contributed by atoms with van der Waals surface area (Å²) in [4.78, 5) is 29.0. The molecule has 74 valence electrons. The number of hydrogen-bond donors (Lipinski definition) is 1. The highest BCUT2D eigenvalue weighted by atomic mass is 32.1. The molecule has 14 heavy (non-hydrogen) atoms. The van der Waals surface area contributed by atoms with Crippen LogP contribution in [-0.2, 0) is 14.4 Å². The zero-order chi connectivity index (χ0) is 10.4. The zero-order valence-corrected chi connectivity index (χ0v) is 8.08. The molecule has 0 aliphatic carbocycles. The maximum atomic E-state index is 10.5. The Labute approximate surface area is 83.6 Å². The van der Waals surface area contributed by atoms with Crippen LogP contribution in [0.25, 0.3) is 0 Å². The molecule has 1 rings (SSSR count). The summed E-state index contributed by atoms with van der Waals surface area (Å²) in [5.74, 6) is 0. The molecular weight excluding hydrogens is 206 g/mol. The zero-order valence-electron chi connectivity index (χ0n) is 7.26. The van der Waals surface area contributed by atoms with Crippen LogP contribution in [0.5, 0.6) is 0 Å². The standard InChI is InChI=1S/C7H7N3O3S/c1-13-10-5(2-11)6-3-14-7(9-6)8-4-12/h2-4H,1H3,(H,8,9,12). The highest BCUT2D eigenvalue weighted by Gasteiger charge is 2.08. The fourth-order valence-electron chi connectivity index (χ4n) is 0.735. The van der Waals surface area contributed by atoms with Crippen molar-refractivity contribution in [2.75, 3.05) is 12.4 Å². The first-order chi connectivity index (χ1) is 6.81. The molecular formula is C7H7N3O3S. The van der Waals surface area contributed by atoms with Crippen LogP contribution in [0.2, 0.25) is 0 Å². The molecule has 6 nitrogen and oxygen atoms in total. The van der Waals surface area contributed by atoms with Gasteiger partial charge in [0.2, 0.25) is 6.41 Å². The van der Waals surface area contributed by atoms with E-state index in [4.69, 9.17) is 0 Å². The van der Waals surface area contributed by atoms with Crippen LogP contribution < -0.4 is 5.32 Å². The number of hydrogen-bond acceptors (Lipinski definition) is 6. The Morgan fingerprint density at radius 3 is 3.07 bits per heavy atom. The van der Waals surface area contributed by atoms with E-state index in [1.165, 1.54) is 18.4 Å². The van der Waals surface area contributed by atoms with Crippen molar-refractivity contribution < 1.29 is 14.4 Å². The number of anilines is 1. The monoisotopic (exact) mass is 213 g/mol. The molecule has 0 aliphatic heterocycles. The summed E-state index contributed by atoms with van der Waals surface area (Å²) in [5, 5.41) is 7.83. The number of amides is 1. The van der Waals surface area contributed by atoms with Gasteiger partial charge in [0.05, 0.1) is 0 Å². The molecule has 0 radical (unpaired) electrons. The number of nitrogens with one attached hydrogen (secondary N) is 1. The molecule has 7 heteroatoms.